The van der Waals surface area contributed by atoms with Crippen molar-refractivity contribution in [3.8, 4) is 0 Å². The SMILES string of the molecule is CC(CC1(OS(C)(=O)=O)CC1)n1cnc2c(N)ncnc21. The first kappa shape index (κ1) is 14.2. The van der Waals surface area contributed by atoms with E-state index in [0.29, 0.717) is 23.4 Å². The minimum atomic E-state index is -3.45. The van der Waals surface area contributed by atoms with Gasteiger partial charge in [-0.15, -0.1) is 0 Å². The third-order valence-corrected chi connectivity index (χ3v) is 4.32. The lowest BCUT2D eigenvalue weighted by atomic mass is 10.1. The highest BCUT2D eigenvalue weighted by molar-refractivity contribution is 7.86. The molecule has 0 bridgehead atoms. The molecule has 2 N–H and O–H groups in total. The average Bonchev–Trinajstić information content (AvgIpc) is 2.95. The van der Waals surface area contributed by atoms with Crippen LogP contribution in [0.25, 0.3) is 11.2 Å². The highest BCUT2D eigenvalue weighted by Crippen LogP contribution is 2.47. The van der Waals surface area contributed by atoms with Crippen LogP contribution in [-0.4, -0.2) is 39.8 Å². The van der Waals surface area contributed by atoms with Gasteiger partial charge >= 0.3 is 0 Å². The second-order valence-corrected chi connectivity index (χ2v) is 7.18. The molecule has 0 spiro atoms. The van der Waals surface area contributed by atoms with Gasteiger partial charge in [-0.25, -0.2) is 15.0 Å². The molecular formula is C12H17N5O3S. The number of nitrogens with two attached hydrogens (primary N) is 1. The van der Waals surface area contributed by atoms with Gasteiger partial charge in [0.1, 0.15) is 11.8 Å². The predicted octanol–water partition coefficient (Wildman–Crippen LogP) is 0.868. The Kier molecular flexibility index (Phi) is 3.14. The van der Waals surface area contributed by atoms with Gasteiger partial charge in [-0.2, -0.15) is 8.42 Å². The van der Waals surface area contributed by atoms with Crippen LogP contribution in [0.2, 0.25) is 0 Å². The zero-order valence-electron chi connectivity index (χ0n) is 11.9. The van der Waals surface area contributed by atoms with Gasteiger partial charge in [-0.05, 0) is 26.2 Å². The Balaban J connectivity index is 1.85. The summed E-state index contributed by atoms with van der Waals surface area (Å²) in [7, 11) is -3.45. The van der Waals surface area contributed by atoms with E-state index < -0.39 is 15.7 Å². The first-order chi connectivity index (χ1) is 9.80. The molecule has 1 aliphatic rings. The Hall–Kier alpha value is -1.74. The maximum absolute atomic E-state index is 11.3. The smallest absolute Gasteiger partial charge is 0.264 e. The molecule has 3 rings (SSSR count). The zero-order chi connectivity index (χ0) is 15.3. The van der Waals surface area contributed by atoms with Crippen molar-refractivity contribution in [1.82, 2.24) is 19.5 Å². The number of nitrogen functional groups attached to an aromatic ring is 1. The second-order valence-electron chi connectivity index (χ2n) is 5.61. The number of rotatable bonds is 5. The maximum atomic E-state index is 11.3. The molecule has 1 fully saturated rings. The first-order valence-electron chi connectivity index (χ1n) is 6.63. The predicted molar refractivity (Wildman–Crippen MR) is 77.0 cm³/mol. The third kappa shape index (κ3) is 2.84. The van der Waals surface area contributed by atoms with E-state index in [1.54, 1.807) is 6.33 Å². The molecule has 0 amide bonds. The summed E-state index contributed by atoms with van der Waals surface area (Å²) in [5.74, 6) is 0.333. The summed E-state index contributed by atoms with van der Waals surface area (Å²) in [4.78, 5) is 12.3. The monoisotopic (exact) mass is 311 g/mol. The summed E-state index contributed by atoms with van der Waals surface area (Å²) in [5.41, 5.74) is 6.38. The lowest BCUT2D eigenvalue weighted by Crippen LogP contribution is -2.23. The van der Waals surface area contributed by atoms with Crippen molar-refractivity contribution < 1.29 is 12.6 Å². The molecule has 114 valence electrons. The van der Waals surface area contributed by atoms with E-state index >= 15 is 0 Å². The van der Waals surface area contributed by atoms with Crippen LogP contribution in [0, 0.1) is 0 Å². The summed E-state index contributed by atoms with van der Waals surface area (Å²) in [6.45, 7) is 1.98. The molecule has 2 aromatic rings. The lowest BCUT2D eigenvalue weighted by molar-refractivity contribution is 0.159. The standard InChI is InChI=1S/C12H17N5O3S/c1-8(5-12(3-4-12)20-21(2,18)19)17-7-16-9-10(13)14-6-15-11(9)17/h6-8H,3-5H2,1-2H3,(H2,13,14,15). The van der Waals surface area contributed by atoms with Crippen LogP contribution in [0.1, 0.15) is 32.2 Å². The summed E-state index contributed by atoms with van der Waals surface area (Å²) < 4.78 is 29.8. The van der Waals surface area contributed by atoms with Gasteiger partial charge in [0, 0.05) is 6.04 Å². The molecule has 8 nitrogen and oxygen atoms in total. The quantitative estimate of drug-likeness (QED) is 0.815. The van der Waals surface area contributed by atoms with Gasteiger partial charge < -0.3 is 10.3 Å². The molecule has 0 aliphatic heterocycles. The molecule has 1 aliphatic carbocycles. The largest absolute Gasteiger partial charge is 0.382 e. The van der Waals surface area contributed by atoms with Crippen molar-refractivity contribution in [2.75, 3.05) is 12.0 Å². The number of imidazole rings is 1. The maximum Gasteiger partial charge on any atom is 0.264 e. The van der Waals surface area contributed by atoms with Crippen molar-refractivity contribution in [1.29, 1.82) is 0 Å². The van der Waals surface area contributed by atoms with E-state index in [0.717, 1.165) is 19.1 Å². The van der Waals surface area contributed by atoms with Gasteiger partial charge in [-0.1, -0.05) is 0 Å². The average molecular weight is 311 g/mol. The zero-order valence-corrected chi connectivity index (χ0v) is 12.7. The van der Waals surface area contributed by atoms with Crippen molar-refractivity contribution in [3.63, 3.8) is 0 Å². The van der Waals surface area contributed by atoms with Crippen molar-refractivity contribution >= 4 is 27.1 Å². The molecule has 0 radical (unpaired) electrons. The topological polar surface area (TPSA) is 113 Å². The molecule has 9 heteroatoms. The van der Waals surface area contributed by atoms with E-state index in [4.69, 9.17) is 9.92 Å². The Labute approximate surface area is 122 Å². The fourth-order valence-corrected chi connectivity index (χ4v) is 3.49. The summed E-state index contributed by atoms with van der Waals surface area (Å²) in [5, 5.41) is 0. The fraction of sp³-hybridized carbons (Fsp3) is 0.583. The molecule has 0 aromatic carbocycles. The molecule has 1 unspecified atom stereocenters. The fourth-order valence-electron chi connectivity index (χ4n) is 2.61. The van der Waals surface area contributed by atoms with E-state index in [1.165, 1.54) is 6.33 Å². The molecular weight excluding hydrogens is 294 g/mol. The van der Waals surface area contributed by atoms with Crippen LogP contribution < -0.4 is 5.73 Å². The van der Waals surface area contributed by atoms with E-state index in [1.807, 2.05) is 11.5 Å². The van der Waals surface area contributed by atoms with Crippen molar-refractivity contribution in [2.45, 2.75) is 37.8 Å². The van der Waals surface area contributed by atoms with Crippen LogP contribution in [-0.2, 0) is 14.3 Å². The van der Waals surface area contributed by atoms with Crippen LogP contribution in [0.15, 0.2) is 12.7 Å². The Morgan fingerprint density at radius 2 is 2.14 bits per heavy atom. The Morgan fingerprint density at radius 1 is 1.43 bits per heavy atom. The molecule has 2 heterocycles. The van der Waals surface area contributed by atoms with Crippen molar-refractivity contribution in [3.05, 3.63) is 12.7 Å². The van der Waals surface area contributed by atoms with E-state index in [9.17, 15) is 8.42 Å². The molecule has 1 atom stereocenters. The highest BCUT2D eigenvalue weighted by Gasteiger charge is 2.48. The highest BCUT2D eigenvalue weighted by atomic mass is 32.2. The normalized spacial score (nSPS) is 18.8. The van der Waals surface area contributed by atoms with Crippen LogP contribution in [0.5, 0.6) is 0 Å². The van der Waals surface area contributed by atoms with Crippen LogP contribution in [0.4, 0.5) is 5.82 Å². The number of nitrogens with zero attached hydrogens (tertiary/aromatic N) is 4. The van der Waals surface area contributed by atoms with Gasteiger partial charge in [0.15, 0.2) is 11.5 Å². The number of aromatic nitrogens is 4. The number of anilines is 1. The van der Waals surface area contributed by atoms with Crippen LogP contribution in [0.3, 0.4) is 0 Å². The minimum absolute atomic E-state index is 0.00597. The Bertz CT molecular complexity index is 781. The van der Waals surface area contributed by atoms with Gasteiger partial charge in [0.05, 0.1) is 18.2 Å². The van der Waals surface area contributed by atoms with Crippen LogP contribution >= 0.6 is 0 Å². The molecule has 2 aromatic heterocycles. The summed E-state index contributed by atoms with van der Waals surface area (Å²) in [6, 6.07) is -0.00597. The number of hydrogen-bond donors (Lipinski definition) is 1. The first-order valence-corrected chi connectivity index (χ1v) is 8.45. The molecule has 21 heavy (non-hydrogen) atoms. The van der Waals surface area contributed by atoms with E-state index in [-0.39, 0.29) is 6.04 Å². The van der Waals surface area contributed by atoms with Gasteiger partial charge in [0.25, 0.3) is 10.1 Å². The van der Waals surface area contributed by atoms with Gasteiger partial charge in [0.2, 0.25) is 0 Å². The Morgan fingerprint density at radius 3 is 2.76 bits per heavy atom. The summed E-state index contributed by atoms with van der Waals surface area (Å²) in [6.07, 6.45) is 6.19. The van der Waals surface area contributed by atoms with Gasteiger partial charge in [-0.3, -0.25) is 4.18 Å². The molecule has 1 saturated carbocycles. The number of fused-ring (bicyclic) bond motifs is 1. The summed E-state index contributed by atoms with van der Waals surface area (Å²) >= 11 is 0. The minimum Gasteiger partial charge on any atom is -0.382 e. The lowest BCUT2D eigenvalue weighted by Gasteiger charge is -2.20. The number of hydrogen-bond acceptors (Lipinski definition) is 7. The van der Waals surface area contributed by atoms with Crippen molar-refractivity contribution in [2.24, 2.45) is 0 Å². The molecule has 0 saturated heterocycles. The third-order valence-electron chi connectivity index (χ3n) is 3.67. The second kappa shape index (κ2) is 4.63. The van der Waals surface area contributed by atoms with E-state index in [2.05, 4.69) is 15.0 Å².